The average molecular weight is 312 g/mol. The molecule has 0 aliphatic heterocycles. The topological polar surface area (TPSA) is 72.6 Å². The molecule has 0 aromatic heterocycles. The zero-order valence-electron chi connectivity index (χ0n) is 13.2. The maximum atomic E-state index is 12.6. The summed E-state index contributed by atoms with van der Waals surface area (Å²) in [6.45, 7) is 4.17. The van der Waals surface area contributed by atoms with Crippen LogP contribution in [0.3, 0.4) is 0 Å². The molecule has 5 heteroatoms. The summed E-state index contributed by atoms with van der Waals surface area (Å²) < 4.78 is 5.67. The van der Waals surface area contributed by atoms with E-state index in [0.717, 1.165) is 5.69 Å². The van der Waals surface area contributed by atoms with Crippen molar-refractivity contribution < 1.29 is 14.3 Å². The van der Waals surface area contributed by atoms with Gasteiger partial charge in [0.15, 0.2) is 6.10 Å². The summed E-state index contributed by atoms with van der Waals surface area (Å²) in [5, 5.41) is 0. The number of rotatable bonds is 6. The molecule has 2 N–H and O–H groups in total. The number of amides is 2. The predicted octanol–water partition coefficient (Wildman–Crippen LogP) is 2.61. The number of para-hydroxylation sites is 1. The van der Waals surface area contributed by atoms with Gasteiger partial charge in [-0.2, -0.15) is 0 Å². The Morgan fingerprint density at radius 3 is 2.22 bits per heavy atom. The molecule has 0 fully saturated rings. The molecule has 0 bridgehead atoms. The van der Waals surface area contributed by atoms with Gasteiger partial charge >= 0.3 is 0 Å². The van der Waals surface area contributed by atoms with Crippen LogP contribution in [0.25, 0.3) is 0 Å². The number of nitrogens with zero attached hydrogens (tertiary/aromatic N) is 1. The van der Waals surface area contributed by atoms with Crippen LogP contribution in [0.15, 0.2) is 54.6 Å². The Hall–Kier alpha value is -2.82. The van der Waals surface area contributed by atoms with Crippen molar-refractivity contribution in [2.24, 2.45) is 5.73 Å². The van der Waals surface area contributed by atoms with E-state index in [2.05, 4.69) is 0 Å². The van der Waals surface area contributed by atoms with Crippen LogP contribution < -0.4 is 15.4 Å². The summed E-state index contributed by atoms with van der Waals surface area (Å²) in [7, 11) is 0. The summed E-state index contributed by atoms with van der Waals surface area (Å²) in [5.41, 5.74) is 6.43. The van der Waals surface area contributed by atoms with Gasteiger partial charge in [-0.15, -0.1) is 0 Å². The lowest BCUT2D eigenvalue weighted by Crippen LogP contribution is -2.40. The lowest BCUT2D eigenvalue weighted by atomic mass is 10.2. The van der Waals surface area contributed by atoms with Crippen LogP contribution in [0.2, 0.25) is 0 Å². The highest BCUT2D eigenvalue weighted by molar-refractivity contribution is 5.96. The van der Waals surface area contributed by atoms with E-state index in [1.807, 2.05) is 37.3 Å². The van der Waals surface area contributed by atoms with Gasteiger partial charge in [0.05, 0.1) is 0 Å². The first-order valence-electron chi connectivity index (χ1n) is 7.46. The molecule has 0 aliphatic rings. The van der Waals surface area contributed by atoms with Crippen molar-refractivity contribution in [2.45, 2.75) is 20.0 Å². The maximum absolute atomic E-state index is 12.6. The largest absolute Gasteiger partial charge is 0.481 e. The number of benzene rings is 2. The van der Waals surface area contributed by atoms with Crippen molar-refractivity contribution in [1.82, 2.24) is 0 Å². The summed E-state index contributed by atoms with van der Waals surface area (Å²) in [6.07, 6.45) is -0.644. The second kappa shape index (κ2) is 7.45. The van der Waals surface area contributed by atoms with Crippen LogP contribution in [0.1, 0.15) is 24.2 Å². The fourth-order valence-electron chi connectivity index (χ4n) is 2.25. The smallest absolute Gasteiger partial charge is 0.267 e. The van der Waals surface area contributed by atoms with Crippen molar-refractivity contribution in [3.63, 3.8) is 0 Å². The van der Waals surface area contributed by atoms with Crippen molar-refractivity contribution in [3.8, 4) is 5.75 Å². The number of hydrogen-bond acceptors (Lipinski definition) is 3. The van der Waals surface area contributed by atoms with Crippen LogP contribution >= 0.6 is 0 Å². The summed E-state index contributed by atoms with van der Waals surface area (Å²) >= 11 is 0. The standard InChI is InChI=1S/C18H20N2O3/c1-3-20(15-7-5-4-6-8-15)18(22)13(2)23-16-11-9-14(10-12-16)17(19)21/h4-13H,3H2,1-2H3,(H2,19,21)/t13-/m1/s1. The van der Waals surface area contributed by atoms with Gasteiger partial charge in [-0.25, -0.2) is 0 Å². The number of carbonyl (C=O) groups is 2. The third kappa shape index (κ3) is 4.10. The van der Waals surface area contributed by atoms with Crippen molar-refractivity contribution in [1.29, 1.82) is 0 Å². The monoisotopic (exact) mass is 312 g/mol. The number of likely N-dealkylation sites (N-methyl/N-ethyl adjacent to an activating group) is 1. The van der Waals surface area contributed by atoms with E-state index in [9.17, 15) is 9.59 Å². The third-order valence-electron chi connectivity index (χ3n) is 3.45. The van der Waals surface area contributed by atoms with Gasteiger partial charge in [0.1, 0.15) is 5.75 Å². The van der Waals surface area contributed by atoms with E-state index in [0.29, 0.717) is 17.9 Å². The van der Waals surface area contributed by atoms with E-state index in [1.54, 1.807) is 36.1 Å². The molecule has 0 saturated heterocycles. The number of carbonyl (C=O) groups excluding carboxylic acids is 2. The minimum Gasteiger partial charge on any atom is -0.481 e. The predicted molar refractivity (Wildman–Crippen MR) is 89.5 cm³/mol. The van der Waals surface area contributed by atoms with Crippen LogP contribution in [-0.2, 0) is 4.79 Å². The van der Waals surface area contributed by atoms with Crippen LogP contribution in [0, 0.1) is 0 Å². The second-order valence-electron chi connectivity index (χ2n) is 5.07. The van der Waals surface area contributed by atoms with E-state index in [4.69, 9.17) is 10.5 Å². The van der Waals surface area contributed by atoms with Gasteiger partial charge in [0, 0.05) is 17.8 Å². The molecule has 0 spiro atoms. The Labute approximate surface area is 135 Å². The van der Waals surface area contributed by atoms with Gasteiger partial charge in [-0.1, -0.05) is 18.2 Å². The van der Waals surface area contributed by atoms with E-state index < -0.39 is 12.0 Å². The molecule has 0 radical (unpaired) electrons. The van der Waals surface area contributed by atoms with Crippen LogP contribution in [0.4, 0.5) is 5.69 Å². The molecule has 2 amide bonds. The molecule has 5 nitrogen and oxygen atoms in total. The molecule has 2 aromatic carbocycles. The van der Waals surface area contributed by atoms with Crippen LogP contribution in [-0.4, -0.2) is 24.5 Å². The normalized spacial score (nSPS) is 11.6. The lowest BCUT2D eigenvalue weighted by Gasteiger charge is -2.25. The third-order valence-corrected chi connectivity index (χ3v) is 3.45. The minimum absolute atomic E-state index is 0.127. The highest BCUT2D eigenvalue weighted by Gasteiger charge is 2.22. The van der Waals surface area contributed by atoms with Crippen molar-refractivity contribution in [2.75, 3.05) is 11.4 Å². The quantitative estimate of drug-likeness (QED) is 0.891. The van der Waals surface area contributed by atoms with Gasteiger partial charge in [-0.3, -0.25) is 9.59 Å². The average Bonchev–Trinajstić information content (AvgIpc) is 2.57. The molecule has 0 unspecified atom stereocenters. The molecule has 0 aliphatic carbocycles. The first kappa shape index (κ1) is 16.5. The van der Waals surface area contributed by atoms with Gasteiger partial charge in [-0.05, 0) is 50.2 Å². The highest BCUT2D eigenvalue weighted by Crippen LogP contribution is 2.18. The minimum atomic E-state index is -0.644. The molecule has 23 heavy (non-hydrogen) atoms. The summed E-state index contributed by atoms with van der Waals surface area (Å²) in [4.78, 5) is 25.3. The number of primary amides is 1. The molecule has 0 saturated carbocycles. The van der Waals surface area contributed by atoms with E-state index in [-0.39, 0.29) is 5.91 Å². The SMILES string of the molecule is CCN(C(=O)[C@@H](C)Oc1ccc(C(N)=O)cc1)c1ccccc1. The van der Waals surface area contributed by atoms with E-state index >= 15 is 0 Å². The number of hydrogen-bond donors (Lipinski definition) is 1. The van der Waals surface area contributed by atoms with Crippen molar-refractivity contribution in [3.05, 3.63) is 60.2 Å². The maximum Gasteiger partial charge on any atom is 0.267 e. The molecule has 120 valence electrons. The molecule has 2 rings (SSSR count). The van der Waals surface area contributed by atoms with E-state index in [1.165, 1.54) is 0 Å². The fourth-order valence-corrected chi connectivity index (χ4v) is 2.25. The number of anilines is 1. The van der Waals surface area contributed by atoms with Crippen molar-refractivity contribution >= 4 is 17.5 Å². The molecule has 1 atom stereocenters. The molecular weight excluding hydrogens is 292 g/mol. The first-order chi connectivity index (χ1) is 11.0. The summed E-state index contributed by atoms with van der Waals surface area (Å²) in [6, 6.07) is 15.9. The van der Waals surface area contributed by atoms with Crippen LogP contribution in [0.5, 0.6) is 5.75 Å². The Morgan fingerprint density at radius 1 is 1.09 bits per heavy atom. The highest BCUT2D eigenvalue weighted by atomic mass is 16.5. The number of ether oxygens (including phenoxy) is 1. The Balaban J connectivity index is 2.08. The fraction of sp³-hybridized carbons (Fsp3) is 0.222. The Kier molecular flexibility index (Phi) is 5.36. The number of nitrogens with two attached hydrogens (primary N) is 1. The molecular formula is C18H20N2O3. The zero-order chi connectivity index (χ0) is 16.8. The van der Waals surface area contributed by atoms with Gasteiger partial charge in [0.2, 0.25) is 5.91 Å². The van der Waals surface area contributed by atoms with Gasteiger partial charge in [0.25, 0.3) is 5.91 Å². The summed E-state index contributed by atoms with van der Waals surface area (Å²) in [5.74, 6) is -0.112. The second-order valence-corrected chi connectivity index (χ2v) is 5.07. The Morgan fingerprint density at radius 2 is 1.70 bits per heavy atom. The Bertz CT molecular complexity index is 668. The first-order valence-corrected chi connectivity index (χ1v) is 7.46. The van der Waals surface area contributed by atoms with Gasteiger partial charge < -0.3 is 15.4 Å². The molecule has 2 aromatic rings. The zero-order valence-corrected chi connectivity index (χ0v) is 13.2. The lowest BCUT2D eigenvalue weighted by molar-refractivity contribution is -0.124. The molecule has 0 heterocycles.